The van der Waals surface area contributed by atoms with Crippen LogP contribution in [0.1, 0.15) is 73.2 Å². The molecular formula is C33H37NO3. The van der Waals surface area contributed by atoms with Gasteiger partial charge in [-0.2, -0.15) is 0 Å². The van der Waals surface area contributed by atoms with Gasteiger partial charge in [-0.1, -0.05) is 55.5 Å². The average Bonchev–Trinajstić information content (AvgIpc) is 2.90. The zero-order valence-electron chi connectivity index (χ0n) is 22.7. The van der Waals surface area contributed by atoms with Crippen LogP contribution in [0.2, 0.25) is 0 Å². The number of hydrogen-bond donors (Lipinski definition) is 1. The van der Waals surface area contributed by atoms with Gasteiger partial charge >= 0.3 is 5.97 Å². The Labute approximate surface area is 220 Å². The van der Waals surface area contributed by atoms with Gasteiger partial charge in [0, 0.05) is 12.1 Å². The molecule has 0 spiro atoms. The van der Waals surface area contributed by atoms with Gasteiger partial charge in [-0.3, -0.25) is 0 Å². The predicted molar refractivity (Wildman–Crippen MR) is 152 cm³/mol. The van der Waals surface area contributed by atoms with Crippen molar-refractivity contribution in [2.75, 3.05) is 7.11 Å². The van der Waals surface area contributed by atoms with Crippen molar-refractivity contribution in [1.29, 1.82) is 0 Å². The molecule has 1 unspecified atom stereocenters. The van der Waals surface area contributed by atoms with Gasteiger partial charge in [0.1, 0.15) is 5.75 Å². The molecule has 0 aliphatic heterocycles. The lowest BCUT2D eigenvalue weighted by Crippen LogP contribution is -2.24. The van der Waals surface area contributed by atoms with Crippen LogP contribution in [0.5, 0.6) is 5.75 Å². The number of methoxy groups -OCH3 is 1. The summed E-state index contributed by atoms with van der Waals surface area (Å²) in [5.41, 5.74) is 6.05. The molecule has 0 bridgehead atoms. The number of esters is 1. The van der Waals surface area contributed by atoms with E-state index in [1.54, 1.807) is 7.11 Å². The van der Waals surface area contributed by atoms with E-state index in [2.05, 4.69) is 73.8 Å². The third kappa shape index (κ3) is 6.03. The molecule has 1 N–H and O–H groups in total. The van der Waals surface area contributed by atoms with Crippen molar-refractivity contribution >= 4 is 16.7 Å². The third-order valence-electron chi connectivity index (χ3n) is 6.85. The second kappa shape index (κ2) is 11.6. The normalized spacial score (nSPS) is 12.9. The highest BCUT2D eigenvalue weighted by molar-refractivity contribution is 5.99. The predicted octanol–water partition coefficient (Wildman–Crippen LogP) is 8.19. The molecule has 37 heavy (non-hydrogen) atoms. The summed E-state index contributed by atoms with van der Waals surface area (Å²) in [4.78, 5) is 12.8. The number of carbonyl (C=O) groups excluding carboxylic acids is 1. The second-order valence-corrected chi connectivity index (χ2v) is 9.90. The molecule has 0 radical (unpaired) electrons. The molecule has 0 aliphatic rings. The molecule has 0 heterocycles. The van der Waals surface area contributed by atoms with Gasteiger partial charge in [-0.05, 0) is 103 Å². The molecule has 4 heteroatoms. The summed E-state index contributed by atoms with van der Waals surface area (Å²) >= 11 is 0. The lowest BCUT2D eigenvalue weighted by atomic mass is 9.90. The van der Waals surface area contributed by atoms with Crippen LogP contribution in [-0.2, 0) is 4.74 Å². The molecule has 0 aromatic heterocycles. The lowest BCUT2D eigenvalue weighted by molar-refractivity contribution is 0.0377. The quantitative estimate of drug-likeness (QED) is 0.238. The Hall–Kier alpha value is -3.63. The van der Waals surface area contributed by atoms with E-state index in [0.717, 1.165) is 34.2 Å². The topological polar surface area (TPSA) is 47.6 Å². The summed E-state index contributed by atoms with van der Waals surface area (Å²) in [5, 5.41) is 6.16. The smallest absolute Gasteiger partial charge is 0.338 e. The minimum Gasteiger partial charge on any atom is -0.497 e. The van der Waals surface area contributed by atoms with Gasteiger partial charge in [-0.15, -0.1) is 0 Å². The zero-order valence-corrected chi connectivity index (χ0v) is 22.7. The van der Waals surface area contributed by atoms with Crippen molar-refractivity contribution in [1.82, 2.24) is 5.32 Å². The van der Waals surface area contributed by atoms with E-state index in [1.807, 2.05) is 45.0 Å². The first-order valence-corrected chi connectivity index (χ1v) is 13.0. The van der Waals surface area contributed by atoms with Crippen molar-refractivity contribution in [2.24, 2.45) is 0 Å². The Morgan fingerprint density at radius 1 is 0.892 bits per heavy atom. The summed E-state index contributed by atoms with van der Waals surface area (Å²) < 4.78 is 10.9. The number of fused-ring (bicyclic) bond motifs is 1. The zero-order chi connectivity index (χ0) is 26.5. The maximum Gasteiger partial charge on any atom is 0.338 e. The number of ether oxygens (including phenoxy) is 2. The van der Waals surface area contributed by atoms with Crippen LogP contribution < -0.4 is 10.1 Å². The molecule has 4 aromatic carbocycles. The molecule has 192 valence electrons. The molecule has 0 saturated carbocycles. The van der Waals surface area contributed by atoms with Gasteiger partial charge in [0.15, 0.2) is 0 Å². The maximum absolute atomic E-state index is 12.8. The van der Waals surface area contributed by atoms with Gasteiger partial charge in [0.25, 0.3) is 0 Å². The molecule has 4 aromatic rings. The Kier molecular flexibility index (Phi) is 8.30. The highest BCUT2D eigenvalue weighted by Crippen LogP contribution is 2.35. The van der Waals surface area contributed by atoms with Crippen LogP contribution in [0, 0.1) is 6.92 Å². The molecule has 0 fully saturated rings. The van der Waals surface area contributed by atoms with E-state index in [1.165, 1.54) is 16.5 Å². The summed E-state index contributed by atoms with van der Waals surface area (Å²) in [5.74, 6) is 0.577. The van der Waals surface area contributed by atoms with Crippen molar-refractivity contribution in [3.63, 3.8) is 0 Å². The van der Waals surface area contributed by atoms with Crippen LogP contribution in [0.3, 0.4) is 0 Å². The third-order valence-corrected chi connectivity index (χ3v) is 6.85. The van der Waals surface area contributed by atoms with Gasteiger partial charge in [0.2, 0.25) is 0 Å². The number of benzene rings is 4. The molecule has 0 saturated heterocycles. The molecule has 0 aliphatic carbocycles. The fourth-order valence-corrected chi connectivity index (χ4v) is 4.82. The highest BCUT2D eigenvalue weighted by Gasteiger charge is 2.19. The first-order valence-electron chi connectivity index (χ1n) is 13.0. The van der Waals surface area contributed by atoms with E-state index in [-0.39, 0.29) is 24.2 Å². The molecule has 2 atom stereocenters. The van der Waals surface area contributed by atoms with E-state index >= 15 is 0 Å². The number of hydrogen-bond acceptors (Lipinski definition) is 4. The molecule has 0 amide bonds. The minimum absolute atomic E-state index is 0.145. The van der Waals surface area contributed by atoms with Gasteiger partial charge in [-0.25, -0.2) is 4.79 Å². The van der Waals surface area contributed by atoms with Crippen LogP contribution in [0.25, 0.3) is 21.9 Å². The Balaban J connectivity index is 1.75. The molecule has 4 nitrogen and oxygen atoms in total. The fourth-order valence-electron chi connectivity index (χ4n) is 4.82. The summed E-state index contributed by atoms with van der Waals surface area (Å²) in [6.45, 7) is 10.1. The van der Waals surface area contributed by atoms with E-state index in [9.17, 15) is 4.79 Å². The van der Waals surface area contributed by atoms with E-state index in [4.69, 9.17) is 9.47 Å². The Morgan fingerprint density at radius 3 is 2.41 bits per heavy atom. The van der Waals surface area contributed by atoms with Crippen LogP contribution in [0.4, 0.5) is 0 Å². The van der Waals surface area contributed by atoms with E-state index < -0.39 is 0 Å². The largest absolute Gasteiger partial charge is 0.497 e. The van der Waals surface area contributed by atoms with Crippen LogP contribution >= 0.6 is 0 Å². The molecular weight excluding hydrogens is 458 g/mol. The standard InChI is InChI=1S/C33H37NO3/c1-7-32(34-23(5)24-12-10-13-28(18-24)36-6)27-17-25-11-8-9-14-29(25)31(20-27)26-16-15-22(4)30(19-26)33(35)37-21(2)3/h8-21,23,32,34H,7H2,1-6H3/t23-,32?/m1/s1. The molecule has 4 rings (SSSR count). The Morgan fingerprint density at radius 2 is 1.68 bits per heavy atom. The number of rotatable bonds is 9. The van der Waals surface area contributed by atoms with Gasteiger partial charge in [0.05, 0.1) is 18.8 Å². The van der Waals surface area contributed by atoms with Gasteiger partial charge < -0.3 is 14.8 Å². The maximum atomic E-state index is 12.8. The fraction of sp³-hybridized carbons (Fsp3) is 0.303. The Bertz CT molecular complexity index is 1390. The van der Waals surface area contributed by atoms with Crippen molar-refractivity contribution in [3.05, 3.63) is 101 Å². The van der Waals surface area contributed by atoms with Crippen LogP contribution in [-0.4, -0.2) is 19.2 Å². The first kappa shape index (κ1) is 26.4. The number of aryl methyl sites for hydroxylation is 1. The number of carbonyl (C=O) groups is 1. The lowest BCUT2D eigenvalue weighted by Gasteiger charge is -2.25. The monoisotopic (exact) mass is 495 g/mol. The average molecular weight is 496 g/mol. The summed E-state index contributed by atoms with van der Waals surface area (Å²) in [6, 6.07) is 27.6. The summed E-state index contributed by atoms with van der Waals surface area (Å²) in [7, 11) is 1.70. The van der Waals surface area contributed by atoms with E-state index in [0.29, 0.717) is 5.56 Å². The highest BCUT2D eigenvalue weighted by atomic mass is 16.5. The van der Waals surface area contributed by atoms with Crippen molar-refractivity contribution < 1.29 is 14.3 Å². The first-order chi connectivity index (χ1) is 17.8. The number of nitrogens with one attached hydrogen (secondary N) is 1. The van der Waals surface area contributed by atoms with Crippen LogP contribution in [0.15, 0.2) is 78.9 Å². The SMILES string of the molecule is CCC(N[C@H](C)c1cccc(OC)c1)c1cc(-c2ccc(C)c(C(=O)OC(C)C)c2)c2ccccc2c1. The second-order valence-electron chi connectivity index (χ2n) is 9.90. The van der Waals surface area contributed by atoms with Crippen molar-refractivity contribution in [2.45, 2.75) is 59.2 Å². The minimum atomic E-state index is -0.282. The van der Waals surface area contributed by atoms with Crippen molar-refractivity contribution in [3.8, 4) is 16.9 Å². The summed E-state index contributed by atoms with van der Waals surface area (Å²) in [6.07, 6.45) is 0.772.